The van der Waals surface area contributed by atoms with Crippen molar-refractivity contribution in [2.75, 3.05) is 0 Å². The maximum absolute atomic E-state index is 13.6. The molecule has 4 heteroatoms. The van der Waals surface area contributed by atoms with Gasteiger partial charge in [-0.3, -0.25) is 4.79 Å². The number of carbonyl (C=O) groups excluding carboxylic acids is 1. The molecule has 0 aliphatic heterocycles. The topological polar surface area (TPSA) is 43.1 Å². The molecule has 0 spiro atoms. The van der Waals surface area contributed by atoms with E-state index in [-0.39, 0.29) is 29.7 Å². The fraction of sp³-hybridized carbons (Fsp3) is 0.533. The SMILES string of the molecule is NC1C2CCC(C2)C1C(=O)Cc1c(F)cccc1F. The minimum atomic E-state index is -0.648. The van der Waals surface area contributed by atoms with Crippen LogP contribution in [0.3, 0.4) is 0 Å². The van der Waals surface area contributed by atoms with Gasteiger partial charge in [0.15, 0.2) is 0 Å². The second-order valence-electron chi connectivity index (χ2n) is 5.78. The maximum Gasteiger partial charge on any atom is 0.142 e. The summed E-state index contributed by atoms with van der Waals surface area (Å²) in [5.74, 6) is -0.872. The lowest BCUT2D eigenvalue weighted by Crippen LogP contribution is -2.41. The van der Waals surface area contributed by atoms with Crippen LogP contribution in [0.5, 0.6) is 0 Å². The summed E-state index contributed by atoms with van der Waals surface area (Å²) in [6.07, 6.45) is 2.93. The Morgan fingerprint density at radius 2 is 1.84 bits per heavy atom. The number of Topliss-reactive ketones (excluding diaryl/α,β-unsaturated/α-hetero) is 1. The highest BCUT2D eigenvalue weighted by atomic mass is 19.1. The first kappa shape index (κ1) is 12.7. The Morgan fingerprint density at radius 3 is 2.42 bits per heavy atom. The van der Waals surface area contributed by atoms with Crippen LogP contribution in [-0.4, -0.2) is 11.8 Å². The molecule has 102 valence electrons. The molecule has 4 atom stereocenters. The molecule has 3 rings (SSSR count). The van der Waals surface area contributed by atoms with Crippen LogP contribution in [0.25, 0.3) is 0 Å². The molecule has 0 radical (unpaired) electrons. The van der Waals surface area contributed by atoms with Crippen LogP contribution in [0.1, 0.15) is 24.8 Å². The lowest BCUT2D eigenvalue weighted by Gasteiger charge is -2.27. The van der Waals surface area contributed by atoms with Gasteiger partial charge in [0.1, 0.15) is 17.4 Å². The average Bonchev–Trinajstić information content (AvgIpc) is 2.94. The van der Waals surface area contributed by atoms with E-state index in [0.717, 1.165) is 19.3 Å². The van der Waals surface area contributed by atoms with Gasteiger partial charge in [-0.05, 0) is 43.2 Å². The number of nitrogens with two attached hydrogens (primary N) is 1. The Morgan fingerprint density at radius 1 is 1.21 bits per heavy atom. The van der Waals surface area contributed by atoms with Crippen molar-refractivity contribution in [2.45, 2.75) is 31.7 Å². The highest BCUT2D eigenvalue weighted by molar-refractivity contribution is 5.85. The number of benzene rings is 1. The van der Waals surface area contributed by atoms with Gasteiger partial charge in [0.2, 0.25) is 0 Å². The van der Waals surface area contributed by atoms with Gasteiger partial charge in [0.05, 0.1) is 0 Å². The Kier molecular flexibility index (Phi) is 3.13. The number of halogens is 2. The van der Waals surface area contributed by atoms with Crippen molar-refractivity contribution >= 4 is 5.78 Å². The average molecular weight is 265 g/mol. The summed E-state index contributed by atoms with van der Waals surface area (Å²) in [5.41, 5.74) is 5.96. The second-order valence-corrected chi connectivity index (χ2v) is 5.78. The molecular weight excluding hydrogens is 248 g/mol. The first-order chi connectivity index (χ1) is 9.08. The van der Waals surface area contributed by atoms with Crippen molar-refractivity contribution in [1.82, 2.24) is 0 Å². The van der Waals surface area contributed by atoms with Crippen LogP contribution in [0.15, 0.2) is 18.2 Å². The van der Waals surface area contributed by atoms with Crippen molar-refractivity contribution < 1.29 is 13.6 Å². The normalized spacial score (nSPS) is 32.8. The molecule has 2 nitrogen and oxygen atoms in total. The summed E-state index contributed by atoms with van der Waals surface area (Å²) in [6.45, 7) is 0. The van der Waals surface area contributed by atoms with Crippen LogP contribution in [-0.2, 0) is 11.2 Å². The molecule has 2 aliphatic carbocycles. The van der Waals surface area contributed by atoms with Crippen molar-refractivity contribution in [3.05, 3.63) is 35.4 Å². The van der Waals surface area contributed by atoms with Gasteiger partial charge in [0.25, 0.3) is 0 Å². The third-order valence-electron chi connectivity index (χ3n) is 4.77. The van der Waals surface area contributed by atoms with Crippen LogP contribution >= 0.6 is 0 Å². The number of ketones is 1. The summed E-state index contributed by atoms with van der Waals surface area (Å²) in [5, 5.41) is 0. The molecule has 2 fully saturated rings. The van der Waals surface area contributed by atoms with Crippen molar-refractivity contribution in [2.24, 2.45) is 23.5 Å². The molecule has 19 heavy (non-hydrogen) atoms. The van der Waals surface area contributed by atoms with Gasteiger partial charge in [0, 0.05) is 23.9 Å². The van der Waals surface area contributed by atoms with Gasteiger partial charge in [-0.2, -0.15) is 0 Å². The van der Waals surface area contributed by atoms with Crippen LogP contribution < -0.4 is 5.73 Å². The lowest BCUT2D eigenvalue weighted by molar-refractivity contribution is -0.124. The second kappa shape index (κ2) is 4.67. The summed E-state index contributed by atoms with van der Waals surface area (Å²) < 4.78 is 27.1. The molecular formula is C15H17F2NO. The molecule has 0 aromatic heterocycles. The number of carbonyl (C=O) groups is 1. The Hall–Kier alpha value is -1.29. The van der Waals surface area contributed by atoms with Crippen molar-refractivity contribution in [1.29, 1.82) is 0 Å². The predicted octanol–water partition coefficient (Wildman–Crippen LogP) is 2.45. The minimum absolute atomic E-state index is 0.108. The summed E-state index contributed by atoms with van der Waals surface area (Å²) in [7, 11) is 0. The highest BCUT2D eigenvalue weighted by Gasteiger charge is 2.48. The molecule has 4 unspecified atom stereocenters. The van der Waals surface area contributed by atoms with Gasteiger partial charge in [-0.15, -0.1) is 0 Å². The Labute approximate surface area is 111 Å². The van der Waals surface area contributed by atoms with E-state index in [0.29, 0.717) is 11.8 Å². The van der Waals surface area contributed by atoms with Crippen molar-refractivity contribution in [3.8, 4) is 0 Å². The van der Waals surface area contributed by atoms with E-state index in [2.05, 4.69) is 0 Å². The summed E-state index contributed by atoms with van der Waals surface area (Å²) >= 11 is 0. The molecule has 2 N–H and O–H groups in total. The van der Waals surface area contributed by atoms with Crippen LogP contribution in [0, 0.1) is 29.4 Å². The molecule has 2 aliphatic rings. The number of rotatable bonds is 3. The third-order valence-corrected chi connectivity index (χ3v) is 4.77. The van der Waals surface area contributed by atoms with E-state index in [1.807, 2.05) is 0 Å². The molecule has 2 bridgehead atoms. The van der Waals surface area contributed by atoms with Crippen LogP contribution in [0.4, 0.5) is 8.78 Å². The standard InChI is InChI=1S/C15H17F2NO/c16-11-2-1-3-12(17)10(11)7-13(19)14-8-4-5-9(6-8)15(14)18/h1-3,8-9,14-15H,4-7,18H2. The molecule has 2 saturated carbocycles. The fourth-order valence-electron chi connectivity index (χ4n) is 3.81. The molecule has 1 aromatic rings. The van der Waals surface area contributed by atoms with E-state index < -0.39 is 11.6 Å². The fourth-order valence-corrected chi connectivity index (χ4v) is 3.81. The predicted molar refractivity (Wildman–Crippen MR) is 67.4 cm³/mol. The van der Waals surface area contributed by atoms with Gasteiger partial charge >= 0.3 is 0 Å². The highest BCUT2D eigenvalue weighted by Crippen LogP contribution is 2.48. The first-order valence-electron chi connectivity index (χ1n) is 6.79. The minimum Gasteiger partial charge on any atom is -0.327 e. The van der Waals surface area contributed by atoms with Crippen LogP contribution in [0.2, 0.25) is 0 Å². The maximum atomic E-state index is 13.6. The van der Waals surface area contributed by atoms with E-state index in [4.69, 9.17) is 5.73 Å². The van der Waals surface area contributed by atoms with Gasteiger partial charge in [-0.25, -0.2) is 8.78 Å². The van der Waals surface area contributed by atoms with Crippen molar-refractivity contribution in [3.63, 3.8) is 0 Å². The first-order valence-corrected chi connectivity index (χ1v) is 6.79. The largest absolute Gasteiger partial charge is 0.327 e. The molecule has 0 heterocycles. The van der Waals surface area contributed by atoms with E-state index in [9.17, 15) is 13.6 Å². The number of fused-ring (bicyclic) bond motifs is 2. The third kappa shape index (κ3) is 2.08. The molecule has 1 aromatic carbocycles. The molecule has 0 saturated heterocycles. The zero-order valence-electron chi connectivity index (χ0n) is 10.6. The number of hydrogen-bond donors (Lipinski definition) is 1. The number of hydrogen-bond acceptors (Lipinski definition) is 2. The van der Waals surface area contributed by atoms with Gasteiger partial charge in [-0.1, -0.05) is 6.07 Å². The quantitative estimate of drug-likeness (QED) is 0.912. The Balaban J connectivity index is 1.79. The Bertz CT molecular complexity index is 495. The zero-order valence-corrected chi connectivity index (χ0v) is 10.6. The summed E-state index contributed by atoms with van der Waals surface area (Å²) in [4.78, 5) is 12.3. The van der Waals surface area contributed by atoms with E-state index >= 15 is 0 Å². The van der Waals surface area contributed by atoms with E-state index in [1.54, 1.807) is 0 Å². The molecule has 0 amide bonds. The monoisotopic (exact) mass is 265 g/mol. The smallest absolute Gasteiger partial charge is 0.142 e. The van der Waals surface area contributed by atoms with Gasteiger partial charge < -0.3 is 5.73 Å². The summed E-state index contributed by atoms with van der Waals surface area (Å²) in [6, 6.07) is 3.56. The lowest BCUT2D eigenvalue weighted by atomic mass is 9.80. The zero-order chi connectivity index (χ0) is 13.6. The van der Waals surface area contributed by atoms with E-state index in [1.165, 1.54) is 18.2 Å².